The quantitative estimate of drug-likeness (QED) is 0.531. The van der Waals surface area contributed by atoms with Crippen molar-refractivity contribution in [2.75, 3.05) is 18.0 Å². The van der Waals surface area contributed by atoms with Crippen LogP contribution in [0.4, 0.5) is 5.82 Å². The topological polar surface area (TPSA) is 88.4 Å². The number of fused-ring (bicyclic) bond motifs is 1. The molecule has 2 aromatic carbocycles. The van der Waals surface area contributed by atoms with Gasteiger partial charge in [-0.05, 0) is 36.2 Å². The van der Waals surface area contributed by atoms with Gasteiger partial charge in [0.05, 0.1) is 6.10 Å². The molecule has 2 atom stereocenters. The molecular formula is C24H24N4O2. The molecule has 1 fully saturated rings. The maximum Gasteiger partial charge on any atom is 0.167 e. The smallest absolute Gasteiger partial charge is 0.167 e. The minimum absolute atomic E-state index is 0.233. The van der Waals surface area contributed by atoms with E-state index < -0.39 is 0 Å². The average Bonchev–Trinajstić information content (AvgIpc) is 3.40. The number of hydrogen-bond donors (Lipinski definition) is 2. The number of aliphatic hydroxyl groups is 1. The van der Waals surface area contributed by atoms with Gasteiger partial charge in [0.15, 0.2) is 5.58 Å². The molecule has 0 radical (unpaired) electrons. The Labute approximate surface area is 174 Å². The lowest BCUT2D eigenvalue weighted by molar-refractivity contribution is 0.198. The van der Waals surface area contributed by atoms with Crippen LogP contribution in [-0.4, -0.2) is 34.4 Å². The van der Waals surface area contributed by atoms with Crippen LogP contribution in [0.3, 0.4) is 0 Å². The number of nitrogens with zero attached hydrogens (tertiary/aromatic N) is 3. The first-order valence-corrected chi connectivity index (χ1v) is 10.3. The van der Waals surface area contributed by atoms with E-state index in [0.717, 1.165) is 52.3 Å². The molecule has 6 nitrogen and oxygen atoms in total. The molecule has 1 aliphatic heterocycles. The van der Waals surface area contributed by atoms with Crippen molar-refractivity contribution in [2.45, 2.75) is 25.0 Å². The standard InChI is InChI=1S/C24H24N4O2/c25-21(14-16-6-5-11-23(26-16)28-13-12-17(29)15-28)18-7-1-2-8-19(18)24-20-9-3-4-10-22(20)30-27-24/h1-11,17,21,29H,12-15,25H2/t17-,21?/m1/s1. The number of benzene rings is 2. The first kappa shape index (κ1) is 18.8. The molecule has 0 amide bonds. The first-order chi connectivity index (χ1) is 14.7. The van der Waals surface area contributed by atoms with Crippen LogP contribution in [0.1, 0.15) is 23.7 Å². The summed E-state index contributed by atoms with van der Waals surface area (Å²) in [6.45, 7) is 1.45. The van der Waals surface area contributed by atoms with Gasteiger partial charge >= 0.3 is 0 Å². The van der Waals surface area contributed by atoms with Crippen molar-refractivity contribution in [2.24, 2.45) is 5.73 Å². The number of para-hydroxylation sites is 1. The van der Waals surface area contributed by atoms with Gasteiger partial charge in [-0.25, -0.2) is 4.98 Å². The SMILES string of the molecule is NC(Cc1cccc(N2CC[C@@H](O)C2)n1)c1ccccc1-c1noc2ccccc12. The lowest BCUT2D eigenvalue weighted by atomic mass is 9.94. The Hall–Kier alpha value is -3.22. The Morgan fingerprint density at radius 2 is 1.90 bits per heavy atom. The largest absolute Gasteiger partial charge is 0.391 e. The van der Waals surface area contributed by atoms with Gasteiger partial charge < -0.3 is 20.3 Å². The maximum atomic E-state index is 9.82. The lowest BCUT2D eigenvalue weighted by Gasteiger charge is -2.19. The number of rotatable bonds is 5. The molecule has 1 saturated heterocycles. The molecule has 0 aliphatic carbocycles. The lowest BCUT2D eigenvalue weighted by Crippen LogP contribution is -2.23. The van der Waals surface area contributed by atoms with E-state index >= 15 is 0 Å². The van der Waals surface area contributed by atoms with Crippen LogP contribution in [0.15, 0.2) is 71.3 Å². The summed E-state index contributed by atoms with van der Waals surface area (Å²) in [7, 11) is 0. The molecule has 1 aliphatic rings. The highest BCUT2D eigenvalue weighted by Crippen LogP contribution is 2.33. The van der Waals surface area contributed by atoms with Crippen molar-refractivity contribution in [3.05, 3.63) is 78.0 Å². The zero-order chi connectivity index (χ0) is 20.5. The Morgan fingerprint density at radius 1 is 1.07 bits per heavy atom. The van der Waals surface area contributed by atoms with Gasteiger partial charge in [-0.15, -0.1) is 0 Å². The number of hydrogen-bond acceptors (Lipinski definition) is 6. The van der Waals surface area contributed by atoms with Crippen LogP contribution >= 0.6 is 0 Å². The highest BCUT2D eigenvalue weighted by molar-refractivity contribution is 5.92. The molecule has 152 valence electrons. The summed E-state index contributed by atoms with van der Waals surface area (Å²) in [6.07, 6.45) is 1.11. The Morgan fingerprint density at radius 3 is 2.77 bits per heavy atom. The van der Waals surface area contributed by atoms with Gasteiger partial charge in [-0.1, -0.05) is 47.6 Å². The molecule has 0 saturated carbocycles. The summed E-state index contributed by atoms with van der Waals surface area (Å²) in [5.74, 6) is 0.895. The van der Waals surface area contributed by atoms with E-state index in [1.807, 2.05) is 66.7 Å². The normalized spacial score (nSPS) is 17.5. The Balaban J connectivity index is 1.43. The number of aliphatic hydroxyl groups excluding tert-OH is 1. The van der Waals surface area contributed by atoms with Crippen molar-refractivity contribution in [1.82, 2.24) is 10.1 Å². The minimum atomic E-state index is -0.276. The summed E-state index contributed by atoms with van der Waals surface area (Å²) in [4.78, 5) is 6.92. The third kappa shape index (κ3) is 3.56. The van der Waals surface area contributed by atoms with Crippen LogP contribution in [-0.2, 0) is 6.42 Å². The number of anilines is 1. The predicted octanol–water partition coefficient (Wildman–Crippen LogP) is 3.70. The summed E-state index contributed by atoms with van der Waals surface area (Å²) in [5.41, 5.74) is 11.1. The van der Waals surface area contributed by atoms with Crippen molar-refractivity contribution in [3.8, 4) is 11.3 Å². The van der Waals surface area contributed by atoms with Crippen molar-refractivity contribution < 1.29 is 9.63 Å². The van der Waals surface area contributed by atoms with E-state index in [1.165, 1.54) is 0 Å². The second kappa shape index (κ2) is 7.89. The van der Waals surface area contributed by atoms with Crippen LogP contribution in [0.2, 0.25) is 0 Å². The van der Waals surface area contributed by atoms with Crippen molar-refractivity contribution >= 4 is 16.8 Å². The zero-order valence-corrected chi connectivity index (χ0v) is 16.6. The summed E-state index contributed by atoms with van der Waals surface area (Å²) < 4.78 is 5.51. The van der Waals surface area contributed by atoms with E-state index in [2.05, 4.69) is 10.1 Å². The maximum absolute atomic E-state index is 9.82. The second-order valence-corrected chi connectivity index (χ2v) is 7.80. The minimum Gasteiger partial charge on any atom is -0.391 e. The molecule has 2 aromatic heterocycles. The van der Waals surface area contributed by atoms with Crippen LogP contribution in [0, 0.1) is 0 Å². The highest BCUT2D eigenvalue weighted by atomic mass is 16.5. The van der Waals surface area contributed by atoms with Gasteiger partial charge in [0.25, 0.3) is 0 Å². The van der Waals surface area contributed by atoms with Crippen molar-refractivity contribution in [3.63, 3.8) is 0 Å². The number of β-amino-alcohol motifs (C(OH)–C–C–N with tert-alkyl or cyclic N) is 1. The van der Waals surface area contributed by atoms with Gasteiger partial charge in [-0.3, -0.25) is 0 Å². The van der Waals surface area contributed by atoms with Gasteiger partial charge in [-0.2, -0.15) is 0 Å². The van der Waals surface area contributed by atoms with E-state index in [9.17, 15) is 5.11 Å². The molecular weight excluding hydrogens is 376 g/mol. The van der Waals surface area contributed by atoms with Crippen LogP contribution in [0.25, 0.3) is 22.2 Å². The molecule has 4 aromatic rings. The third-order valence-electron chi connectivity index (χ3n) is 5.70. The second-order valence-electron chi connectivity index (χ2n) is 7.80. The summed E-state index contributed by atoms with van der Waals surface area (Å²) >= 11 is 0. The molecule has 0 bridgehead atoms. The third-order valence-corrected chi connectivity index (χ3v) is 5.70. The fraction of sp³-hybridized carbons (Fsp3) is 0.250. The van der Waals surface area contributed by atoms with Crippen molar-refractivity contribution in [1.29, 1.82) is 0 Å². The first-order valence-electron chi connectivity index (χ1n) is 10.3. The Kier molecular flexibility index (Phi) is 4.94. The number of aromatic nitrogens is 2. The molecule has 0 spiro atoms. The number of pyridine rings is 1. The summed E-state index contributed by atoms with van der Waals surface area (Å²) in [5, 5.41) is 15.1. The van der Waals surface area contributed by atoms with E-state index in [4.69, 9.17) is 15.2 Å². The van der Waals surface area contributed by atoms with Crippen LogP contribution in [0.5, 0.6) is 0 Å². The Bertz CT molecular complexity index is 1170. The number of nitrogens with two attached hydrogens (primary N) is 1. The fourth-order valence-electron chi connectivity index (χ4n) is 4.16. The molecule has 3 N–H and O–H groups in total. The van der Waals surface area contributed by atoms with Crippen LogP contribution < -0.4 is 10.6 Å². The summed E-state index contributed by atoms with van der Waals surface area (Å²) in [6, 6.07) is 21.7. The highest BCUT2D eigenvalue weighted by Gasteiger charge is 2.22. The molecule has 3 heterocycles. The predicted molar refractivity (Wildman–Crippen MR) is 117 cm³/mol. The molecule has 6 heteroatoms. The molecule has 30 heavy (non-hydrogen) atoms. The van der Waals surface area contributed by atoms with E-state index in [-0.39, 0.29) is 12.1 Å². The average molecular weight is 400 g/mol. The van der Waals surface area contributed by atoms with E-state index in [0.29, 0.717) is 13.0 Å². The van der Waals surface area contributed by atoms with Gasteiger partial charge in [0.1, 0.15) is 11.5 Å². The fourth-order valence-corrected chi connectivity index (χ4v) is 4.16. The molecule has 1 unspecified atom stereocenters. The molecule has 5 rings (SSSR count). The van der Waals surface area contributed by atoms with Gasteiger partial charge in [0, 0.05) is 42.2 Å². The van der Waals surface area contributed by atoms with Gasteiger partial charge in [0.2, 0.25) is 0 Å². The zero-order valence-electron chi connectivity index (χ0n) is 16.6. The monoisotopic (exact) mass is 400 g/mol. The van der Waals surface area contributed by atoms with E-state index in [1.54, 1.807) is 0 Å².